The number of halogens is 2. The van der Waals surface area contributed by atoms with Crippen molar-refractivity contribution < 1.29 is 9.47 Å². The summed E-state index contributed by atoms with van der Waals surface area (Å²) in [6.45, 7) is 0.332. The third-order valence-corrected chi connectivity index (χ3v) is 3.06. The molecule has 0 aliphatic heterocycles. The fraction of sp³-hybridized carbons (Fsp3) is 0.133. The summed E-state index contributed by atoms with van der Waals surface area (Å²) >= 11 is 11.8. The quantitative estimate of drug-likeness (QED) is 0.838. The summed E-state index contributed by atoms with van der Waals surface area (Å²) in [6, 6.07) is 12.4. The third-order valence-electron chi connectivity index (χ3n) is 2.63. The molecule has 0 radical (unpaired) electrons. The highest BCUT2D eigenvalue weighted by Gasteiger charge is 2.05. The fourth-order valence-corrected chi connectivity index (χ4v) is 2.20. The summed E-state index contributed by atoms with van der Waals surface area (Å²) in [5, 5.41) is 9.96. The van der Waals surface area contributed by atoms with Crippen molar-refractivity contribution in [3.8, 4) is 17.6 Å². The van der Waals surface area contributed by atoms with E-state index in [-0.39, 0.29) is 0 Å². The molecule has 0 unspecified atom stereocenters. The number of rotatable bonds is 4. The maximum Gasteiger partial charge on any atom is 0.137 e. The Bertz CT molecular complexity index is 645. The highest BCUT2D eigenvalue weighted by Crippen LogP contribution is 2.25. The third kappa shape index (κ3) is 3.57. The smallest absolute Gasteiger partial charge is 0.137 e. The lowest BCUT2D eigenvalue weighted by Gasteiger charge is -2.09. The van der Waals surface area contributed by atoms with Crippen molar-refractivity contribution in [2.75, 3.05) is 7.11 Å². The van der Waals surface area contributed by atoms with Gasteiger partial charge in [0.05, 0.1) is 12.7 Å². The number of hydrogen-bond donors (Lipinski definition) is 0. The van der Waals surface area contributed by atoms with E-state index in [2.05, 4.69) is 6.07 Å². The first-order valence-corrected chi connectivity index (χ1v) is 6.54. The van der Waals surface area contributed by atoms with E-state index in [1.807, 2.05) is 6.07 Å². The van der Waals surface area contributed by atoms with Crippen molar-refractivity contribution in [1.29, 1.82) is 5.26 Å². The number of methoxy groups -OCH3 is 1. The van der Waals surface area contributed by atoms with E-state index < -0.39 is 0 Å². The minimum atomic E-state index is 0.332. The lowest BCUT2D eigenvalue weighted by Crippen LogP contribution is -1.97. The van der Waals surface area contributed by atoms with Gasteiger partial charge in [-0.3, -0.25) is 0 Å². The van der Waals surface area contributed by atoms with Gasteiger partial charge < -0.3 is 9.47 Å². The van der Waals surface area contributed by atoms with Crippen LogP contribution in [0.5, 0.6) is 11.5 Å². The predicted octanol–water partition coefficient (Wildman–Crippen LogP) is 4.45. The molecule has 0 aliphatic carbocycles. The lowest BCUT2D eigenvalue weighted by atomic mass is 10.1. The molecule has 0 aromatic heterocycles. The SMILES string of the molecule is COc1cc(COc2cc(Cl)cc(Cl)c2)ccc1C#N. The largest absolute Gasteiger partial charge is 0.495 e. The Morgan fingerprint density at radius 3 is 2.40 bits per heavy atom. The summed E-state index contributed by atoms with van der Waals surface area (Å²) in [5.74, 6) is 1.11. The monoisotopic (exact) mass is 307 g/mol. The molecule has 0 saturated carbocycles. The molecule has 5 heteroatoms. The van der Waals surface area contributed by atoms with Gasteiger partial charge in [0.1, 0.15) is 24.2 Å². The van der Waals surface area contributed by atoms with E-state index in [0.29, 0.717) is 33.7 Å². The number of nitrogens with zero attached hydrogens (tertiary/aromatic N) is 1. The first-order chi connectivity index (χ1) is 9.62. The molecule has 0 fully saturated rings. The van der Waals surface area contributed by atoms with Gasteiger partial charge in [0.15, 0.2) is 0 Å². The lowest BCUT2D eigenvalue weighted by molar-refractivity contribution is 0.305. The second-order valence-corrected chi connectivity index (χ2v) is 4.91. The van der Waals surface area contributed by atoms with E-state index in [1.165, 1.54) is 7.11 Å². The van der Waals surface area contributed by atoms with E-state index in [9.17, 15) is 0 Å². The van der Waals surface area contributed by atoms with Gasteiger partial charge in [-0.25, -0.2) is 0 Å². The van der Waals surface area contributed by atoms with Crippen LogP contribution in [-0.4, -0.2) is 7.11 Å². The van der Waals surface area contributed by atoms with Crippen molar-refractivity contribution in [2.45, 2.75) is 6.61 Å². The van der Waals surface area contributed by atoms with Gasteiger partial charge in [-0.1, -0.05) is 29.3 Å². The number of ether oxygens (including phenoxy) is 2. The standard InChI is InChI=1S/C15H11Cl2NO2/c1-19-15-4-10(2-3-11(15)8-18)9-20-14-6-12(16)5-13(17)7-14/h2-7H,9H2,1H3. The molecule has 0 amide bonds. The Hall–Kier alpha value is -1.89. The minimum absolute atomic E-state index is 0.332. The van der Waals surface area contributed by atoms with Gasteiger partial charge in [-0.05, 0) is 35.9 Å². The number of hydrogen-bond acceptors (Lipinski definition) is 3. The second-order valence-electron chi connectivity index (χ2n) is 4.04. The summed E-state index contributed by atoms with van der Waals surface area (Å²) < 4.78 is 10.8. The molecule has 0 atom stereocenters. The number of nitriles is 1. The molecular formula is C15H11Cl2NO2. The molecule has 2 aromatic rings. The minimum Gasteiger partial charge on any atom is -0.495 e. The molecule has 0 saturated heterocycles. The Morgan fingerprint density at radius 1 is 1.10 bits per heavy atom. The Morgan fingerprint density at radius 2 is 1.80 bits per heavy atom. The van der Waals surface area contributed by atoms with Crippen LogP contribution >= 0.6 is 23.2 Å². The van der Waals surface area contributed by atoms with Crippen molar-refractivity contribution in [3.63, 3.8) is 0 Å². The molecule has 2 rings (SSSR count). The van der Waals surface area contributed by atoms with Gasteiger partial charge in [0.2, 0.25) is 0 Å². The van der Waals surface area contributed by atoms with Crippen LogP contribution in [0.3, 0.4) is 0 Å². The van der Waals surface area contributed by atoms with Gasteiger partial charge in [-0.2, -0.15) is 5.26 Å². The normalized spacial score (nSPS) is 9.90. The molecule has 2 aromatic carbocycles. The van der Waals surface area contributed by atoms with Crippen LogP contribution in [0.1, 0.15) is 11.1 Å². The molecule has 20 heavy (non-hydrogen) atoms. The average Bonchev–Trinajstić information content (AvgIpc) is 2.43. The van der Waals surface area contributed by atoms with Crippen molar-refractivity contribution in [3.05, 3.63) is 57.6 Å². The van der Waals surface area contributed by atoms with Crippen molar-refractivity contribution in [1.82, 2.24) is 0 Å². The molecule has 0 bridgehead atoms. The van der Waals surface area contributed by atoms with Crippen LogP contribution in [0.2, 0.25) is 10.0 Å². The van der Waals surface area contributed by atoms with E-state index in [1.54, 1.807) is 30.3 Å². The molecule has 3 nitrogen and oxygen atoms in total. The zero-order valence-corrected chi connectivity index (χ0v) is 12.2. The van der Waals surface area contributed by atoms with E-state index in [4.69, 9.17) is 37.9 Å². The van der Waals surface area contributed by atoms with Gasteiger partial charge in [-0.15, -0.1) is 0 Å². The Labute approximate surface area is 127 Å². The average molecular weight is 308 g/mol. The predicted molar refractivity (Wildman–Crippen MR) is 78.5 cm³/mol. The topological polar surface area (TPSA) is 42.2 Å². The summed E-state index contributed by atoms with van der Waals surface area (Å²) in [6.07, 6.45) is 0. The van der Waals surface area contributed by atoms with Crippen LogP contribution in [0.25, 0.3) is 0 Å². The zero-order valence-electron chi connectivity index (χ0n) is 10.7. The molecule has 0 heterocycles. The fourth-order valence-electron chi connectivity index (χ4n) is 1.70. The van der Waals surface area contributed by atoms with Crippen LogP contribution in [0.4, 0.5) is 0 Å². The highest BCUT2D eigenvalue weighted by atomic mass is 35.5. The Kier molecular flexibility index (Phi) is 4.73. The van der Waals surface area contributed by atoms with Crippen molar-refractivity contribution >= 4 is 23.2 Å². The van der Waals surface area contributed by atoms with Crippen LogP contribution in [0, 0.1) is 11.3 Å². The van der Waals surface area contributed by atoms with Gasteiger partial charge >= 0.3 is 0 Å². The second kappa shape index (κ2) is 6.51. The summed E-state index contributed by atoms with van der Waals surface area (Å²) in [4.78, 5) is 0. The van der Waals surface area contributed by atoms with Crippen LogP contribution in [0.15, 0.2) is 36.4 Å². The maximum absolute atomic E-state index is 8.92. The Balaban J connectivity index is 2.13. The summed E-state index contributed by atoms with van der Waals surface area (Å²) in [5.41, 5.74) is 1.37. The molecular weight excluding hydrogens is 297 g/mol. The molecule has 0 aliphatic rings. The van der Waals surface area contributed by atoms with Crippen molar-refractivity contribution in [2.24, 2.45) is 0 Å². The molecule has 102 valence electrons. The van der Waals surface area contributed by atoms with Gasteiger partial charge in [0, 0.05) is 10.0 Å². The van der Waals surface area contributed by atoms with E-state index in [0.717, 1.165) is 5.56 Å². The van der Waals surface area contributed by atoms with Crippen LogP contribution in [-0.2, 0) is 6.61 Å². The number of benzene rings is 2. The first kappa shape index (κ1) is 14.5. The summed E-state index contributed by atoms with van der Waals surface area (Å²) in [7, 11) is 1.53. The maximum atomic E-state index is 8.92. The zero-order chi connectivity index (χ0) is 14.5. The first-order valence-electron chi connectivity index (χ1n) is 5.78. The molecule has 0 spiro atoms. The van der Waals surface area contributed by atoms with Crippen LogP contribution < -0.4 is 9.47 Å². The molecule has 0 N–H and O–H groups in total. The highest BCUT2D eigenvalue weighted by molar-refractivity contribution is 6.34. The van der Waals surface area contributed by atoms with E-state index >= 15 is 0 Å². The van der Waals surface area contributed by atoms with Gasteiger partial charge in [0.25, 0.3) is 0 Å².